The molecule has 2 atom stereocenters. The van der Waals surface area contributed by atoms with Crippen molar-refractivity contribution in [2.45, 2.75) is 24.3 Å². The number of methoxy groups -OCH3 is 1. The Labute approximate surface area is 167 Å². The minimum atomic E-state index is -3.87. The van der Waals surface area contributed by atoms with E-state index in [-0.39, 0.29) is 24.5 Å². The summed E-state index contributed by atoms with van der Waals surface area (Å²) < 4.78 is 51.2. The SMILES string of the molecule is COC(=O)C1CC(Oc2ccccc2F)CN1S(=O)(=O)Cc1cccc(Cl)c1. The lowest BCUT2D eigenvalue weighted by Crippen LogP contribution is -2.41. The molecule has 0 spiro atoms. The van der Waals surface area contributed by atoms with Crippen molar-refractivity contribution in [3.63, 3.8) is 0 Å². The Morgan fingerprint density at radius 1 is 1.25 bits per heavy atom. The van der Waals surface area contributed by atoms with E-state index >= 15 is 0 Å². The maximum atomic E-state index is 13.9. The minimum absolute atomic E-state index is 0.00482. The summed E-state index contributed by atoms with van der Waals surface area (Å²) >= 11 is 5.93. The van der Waals surface area contributed by atoms with Crippen LogP contribution >= 0.6 is 11.6 Å². The third-order valence-corrected chi connectivity index (χ3v) is 6.47. The Hall–Kier alpha value is -2.16. The van der Waals surface area contributed by atoms with Gasteiger partial charge in [-0.1, -0.05) is 35.9 Å². The summed E-state index contributed by atoms with van der Waals surface area (Å²) in [6, 6.07) is 11.3. The van der Waals surface area contributed by atoms with Crippen molar-refractivity contribution < 1.29 is 27.1 Å². The molecule has 0 radical (unpaired) electrons. The monoisotopic (exact) mass is 427 g/mol. The molecule has 9 heteroatoms. The van der Waals surface area contributed by atoms with E-state index < -0.39 is 34.0 Å². The Balaban J connectivity index is 1.82. The molecule has 6 nitrogen and oxygen atoms in total. The number of sulfonamides is 1. The molecule has 1 aliphatic heterocycles. The van der Waals surface area contributed by atoms with E-state index in [0.29, 0.717) is 10.6 Å². The summed E-state index contributed by atoms with van der Waals surface area (Å²) in [4.78, 5) is 12.2. The summed E-state index contributed by atoms with van der Waals surface area (Å²) in [6.07, 6.45) is -0.620. The molecule has 1 heterocycles. The van der Waals surface area contributed by atoms with Crippen LogP contribution < -0.4 is 4.74 Å². The fraction of sp³-hybridized carbons (Fsp3) is 0.316. The first-order chi connectivity index (χ1) is 13.3. The number of carbonyl (C=O) groups is 1. The molecule has 0 bridgehead atoms. The van der Waals surface area contributed by atoms with E-state index in [9.17, 15) is 17.6 Å². The lowest BCUT2D eigenvalue weighted by molar-refractivity contribution is -0.144. The van der Waals surface area contributed by atoms with Gasteiger partial charge in [-0.2, -0.15) is 4.31 Å². The lowest BCUT2D eigenvalue weighted by Gasteiger charge is -2.21. The van der Waals surface area contributed by atoms with Crippen molar-refractivity contribution in [1.82, 2.24) is 4.31 Å². The van der Waals surface area contributed by atoms with E-state index in [1.165, 1.54) is 25.3 Å². The van der Waals surface area contributed by atoms with Gasteiger partial charge >= 0.3 is 5.97 Å². The standard InChI is InChI=1S/C19H19ClFNO5S/c1-26-19(23)17-10-15(27-18-8-3-2-7-16(18)21)11-22(17)28(24,25)12-13-5-4-6-14(20)9-13/h2-9,15,17H,10-12H2,1H3. The highest BCUT2D eigenvalue weighted by atomic mass is 35.5. The van der Waals surface area contributed by atoms with Gasteiger partial charge in [0.1, 0.15) is 12.1 Å². The summed E-state index contributed by atoms with van der Waals surface area (Å²) in [5.74, 6) is -1.56. The minimum Gasteiger partial charge on any atom is -0.486 e. The molecule has 0 aliphatic carbocycles. The number of rotatable bonds is 6. The highest BCUT2D eigenvalue weighted by molar-refractivity contribution is 7.88. The van der Waals surface area contributed by atoms with E-state index in [4.69, 9.17) is 21.1 Å². The molecule has 2 aromatic carbocycles. The third-order valence-electron chi connectivity index (χ3n) is 4.42. The third kappa shape index (κ3) is 4.63. The quantitative estimate of drug-likeness (QED) is 0.662. The van der Waals surface area contributed by atoms with Crippen LogP contribution in [0.5, 0.6) is 5.75 Å². The predicted molar refractivity (Wildman–Crippen MR) is 102 cm³/mol. The molecule has 1 fully saturated rings. The van der Waals surface area contributed by atoms with Crippen LogP contribution in [0.4, 0.5) is 4.39 Å². The zero-order valence-corrected chi connectivity index (χ0v) is 16.6. The Morgan fingerprint density at radius 3 is 2.68 bits per heavy atom. The van der Waals surface area contributed by atoms with Crippen molar-refractivity contribution in [2.75, 3.05) is 13.7 Å². The number of benzene rings is 2. The highest BCUT2D eigenvalue weighted by Crippen LogP contribution is 2.29. The largest absolute Gasteiger partial charge is 0.486 e. The van der Waals surface area contributed by atoms with E-state index in [1.807, 2.05) is 0 Å². The van der Waals surface area contributed by atoms with Crippen LogP contribution in [0.25, 0.3) is 0 Å². The molecule has 28 heavy (non-hydrogen) atoms. The maximum absolute atomic E-state index is 13.9. The Kier molecular flexibility index (Phi) is 6.22. The molecule has 1 aliphatic rings. The zero-order chi connectivity index (χ0) is 20.3. The lowest BCUT2D eigenvalue weighted by atomic mass is 10.2. The second kappa shape index (κ2) is 8.46. The molecular formula is C19H19ClFNO5S. The first kappa shape index (κ1) is 20.6. The summed E-state index contributed by atoms with van der Waals surface area (Å²) in [7, 11) is -2.68. The number of ether oxygens (including phenoxy) is 2. The van der Waals surface area contributed by atoms with Gasteiger partial charge in [0.15, 0.2) is 11.6 Å². The fourth-order valence-corrected chi connectivity index (χ4v) is 5.08. The number of halogens is 2. The van der Waals surface area contributed by atoms with Crippen LogP contribution in [0, 0.1) is 5.82 Å². The predicted octanol–water partition coefficient (Wildman–Crippen LogP) is 3.00. The van der Waals surface area contributed by atoms with Crippen molar-refractivity contribution in [3.8, 4) is 5.75 Å². The molecule has 2 unspecified atom stereocenters. The first-order valence-corrected chi connectivity index (χ1v) is 10.5. The topological polar surface area (TPSA) is 72.9 Å². The molecule has 0 N–H and O–H groups in total. The Morgan fingerprint density at radius 2 is 2.00 bits per heavy atom. The molecule has 2 aromatic rings. The van der Waals surface area contributed by atoms with Gasteiger partial charge in [0, 0.05) is 11.4 Å². The van der Waals surface area contributed by atoms with Crippen molar-refractivity contribution in [1.29, 1.82) is 0 Å². The van der Waals surface area contributed by atoms with Gasteiger partial charge in [-0.15, -0.1) is 0 Å². The molecule has 150 valence electrons. The maximum Gasteiger partial charge on any atom is 0.324 e. The smallest absolute Gasteiger partial charge is 0.324 e. The van der Waals surface area contributed by atoms with Gasteiger partial charge in [-0.05, 0) is 29.8 Å². The summed E-state index contributed by atoms with van der Waals surface area (Å²) in [5, 5.41) is 0.416. The number of carbonyl (C=O) groups excluding carboxylic acids is 1. The average molecular weight is 428 g/mol. The van der Waals surface area contributed by atoms with E-state index in [0.717, 1.165) is 4.31 Å². The Bertz CT molecular complexity index is 968. The summed E-state index contributed by atoms with van der Waals surface area (Å²) in [5.41, 5.74) is 0.495. The van der Waals surface area contributed by atoms with Crippen molar-refractivity contribution in [3.05, 3.63) is 64.9 Å². The van der Waals surface area contributed by atoms with Crippen LogP contribution in [0.3, 0.4) is 0 Å². The highest BCUT2D eigenvalue weighted by Gasteiger charge is 2.45. The number of hydrogen-bond acceptors (Lipinski definition) is 5. The van der Waals surface area contributed by atoms with Crippen LogP contribution in [0.2, 0.25) is 5.02 Å². The van der Waals surface area contributed by atoms with E-state index in [2.05, 4.69) is 0 Å². The average Bonchev–Trinajstić information content (AvgIpc) is 3.07. The second-order valence-electron chi connectivity index (χ2n) is 6.40. The molecular weight excluding hydrogens is 409 g/mol. The molecule has 0 amide bonds. The van der Waals surface area contributed by atoms with Gasteiger partial charge in [0.2, 0.25) is 10.0 Å². The number of esters is 1. The molecule has 0 saturated carbocycles. The van der Waals surface area contributed by atoms with Gasteiger partial charge in [0.05, 0.1) is 19.4 Å². The normalized spacial score (nSPS) is 20.1. The second-order valence-corrected chi connectivity index (χ2v) is 8.76. The van der Waals surface area contributed by atoms with Gasteiger partial charge in [-0.25, -0.2) is 12.8 Å². The summed E-state index contributed by atoms with van der Waals surface area (Å²) in [6.45, 7) is -0.0863. The van der Waals surface area contributed by atoms with Gasteiger partial charge in [-0.3, -0.25) is 4.79 Å². The van der Waals surface area contributed by atoms with Crippen LogP contribution in [0.15, 0.2) is 48.5 Å². The van der Waals surface area contributed by atoms with Gasteiger partial charge in [0.25, 0.3) is 0 Å². The van der Waals surface area contributed by atoms with Gasteiger partial charge < -0.3 is 9.47 Å². The van der Waals surface area contributed by atoms with Crippen LogP contribution in [-0.4, -0.2) is 44.5 Å². The number of hydrogen-bond donors (Lipinski definition) is 0. The fourth-order valence-electron chi connectivity index (χ4n) is 3.15. The van der Waals surface area contributed by atoms with E-state index in [1.54, 1.807) is 30.3 Å². The van der Waals surface area contributed by atoms with Crippen molar-refractivity contribution in [2.24, 2.45) is 0 Å². The zero-order valence-electron chi connectivity index (χ0n) is 15.0. The number of nitrogens with zero attached hydrogens (tertiary/aromatic N) is 1. The van der Waals surface area contributed by atoms with Crippen molar-refractivity contribution >= 4 is 27.6 Å². The first-order valence-electron chi connectivity index (χ1n) is 8.53. The molecule has 0 aromatic heterocycles. The molecule has 1 saturated heterocycles. The number of para-hydroxylation sites is 1. The van der Waals surface area contributed by atoms with Crippen LogP contribution in [0.1, 0.15) is 12.0 Å². The van der Waals surface area contributed by atoms with Crippen LogP contribution in [-0.2, 0) is 25.3 Å². The molecule has 3 rings (SSSR count).